The number of thiophene rings is 1. The molecule has 154 valence electrons. The van der Waals surface area contributed by atoms with Gasteiger partial charge in [-0.05, 0) is 31.2 Å². The molecule has 1 unspecified atom stereocenters. The number of aryl methyl sites for hydroxylation is 1. The first-order valence-corrected chi connectivity index (χ1v) is 10.5. The smallest absolute Gasteiger partial charge is 0.264 e. The highest BCUT2D eigenvalue weighted by Gasteiger charge is 2.40. The molecular weight excluding hydrogens is 408 g/mol. The Balaban J connectivity index is 1.45. The normalized spacial score (nSPS) is 18.9. The number of carbonyl (C=O) groups excluding carboxylic acids is 1. The Morgan fingerprint density at radius 2 is 2.10 bits per heavy atom. The van der Waals surface area contributed by atoms with Crippen molar-refractivity contribution >= 4 is 38.5 Å². The van der Waals surface area contributed by atoms with Crippen molar-refractivity contribution in [2.24, 2.45) is 7.05 Å². The van der Waals surface area contributed by atoms with Crippen LogP contribution in [-0.2, 0) is 7.05 Å². The molecular formula is C21H19F2N5OS. The Morgan fingerprint density at radius 3 is 2.90 bits per heavy atom. The van der Waals surface area contributed by atoms with E-state index >= 15 is 0 Å². The predicted octanol–water partition coefficient (Wildman–Crippen LogP) is 4.50. The number of rotatable bonds is 2. The molecule has 1 saturated heterocycles. The topological polar surface area (TPSA) is 63.9 Å². The number of alkyl halides is 2. The molecule has 0 aliphatic carbocycles. The molecule has 9 heteroatoms. The number of pyridine rings is 2. The molecule has 5 rings (SSSR count). The molecule has 30 heavy (non-hydrogen) atoms. The second kappa shape index (κ2) is 6.80. The second-order valence-electron chi connectivity index (χ2n) is 7.80. The number of nitrogens with zero attached hydrogens (tertiary/aromatic N) is 5. The largest absolute Gasteiger partial charge is 0.335 e. The van der Waals surface area contributed by atoms with Crippen LogP contribution in [0.3, 0.4) is 0 Å². The number of carbonyl (C=O) groups is 1. The Labute approximate surface area is 175 Å². The molecule has 0 aromatic carbocycles. The average Bonchev–Trinajstić information content (AvgIpc) is 3.27. The third-order valence-corrected chi connectivity index (χ3v) is 6.50. The van der Waals surface area contributed by atoms with Gasteiger partial charge in [0.25, 0.3) is 11.8 Å². The van der Waals surface area contributed by atoms with Gasteiger partial charge in [0, 0.05) is 61.2 Å². The molecule has 1 aliphatic rings. The summed E-state index contributed by atoms with van der Waals surface area (Å²) in [6.45, 7) is 1.74. The van der Waals surface area contributed by atoms with Crippen LogP contribution in [0.1, 0.15) is 29.4 Å². The minimum atomic E-state index is -2.70. The van der Waals surface area contributed by atoms with Gasteiger partial charge in [-0.3, -0.25) is 9.48 Å². The van der Waals surface area contributed by atoms with Gasteiger partial charge in [0.15, 0.2) is 5.65 Å². The minimum absolute atomic E-state index is 0.0662. The van der Waals surface area contributed by atoms with E-state index in [2.05, 4.69) is 10.1 Å². The van der Waals surface area contributed by atoms with Crippen molar-refractivity contribution in [3.05, 3.63) is 41.5 Å². The van der Waals surface area contributed by atoms with Gasteiger partial charge in [-0.1, -0.05) is 0 Å². The molecule has 1 fully saturated rings. The van der Waals surface area contributed by atoms with Crippen LogP contribution < -0.4 is 0 Å². The van der Waals surface area contributed by atoms with Crippen LogP contribution in [0.5, 0.6) is 0 Å². The van der Waals surface area contributed by atoms with Crippen LogP contribution >= 0.6 is 11.3 Å². The summed E-state index contributed by atoms with van der Waals surface area (Å²) in [6, 6.07) is 7.10. The molecule has 5 heterocycles. The SMILES string of the molecule is CC1CC(F)(F)CCN1C(=O)c1cc2ccc(-c3cnc4nn(C)cc4c3)nc2s1. The average molecular weight is 427 g/mol. The fourth-order valence-corrected chi connectivity index (χ4v) is 4.94. The highest BCUT2D eigenvalue weighted by atomic mass is 32.1. The van der Waals surface area contributed by atoms with Crippen molar-refractivity contribution in [2.75, 3.05) is 6.54 Å². The summed E-state index contributed by atoms with van der Waals surface area (Å²) in [5.74, 6) is -2.91. The van der Waals surface area contributed by atoms with E-state index in [-0.39, 0.29) is 25.3 Å². The van der Waals surface area contributed by atoms with Crippen LogP contribution in [0, 0.1) is 0 Å². The van der Waals surface area contributed by atoms with E-state index in [0.29, 0.717) is 10.5 Å². The summed E-state index contributed by atoms with van der Waals surface area (Å²) in [6.07, 6.45) is 3.05. The van der Waals surface area contributed by atoms with E-state index in [4.69, 9.17) is 4.98 Å². The van der Waals surface area contributed by atoms with Crippen molar-refractivity contribution in [1.82, 2.24) is 24.6 Å². The van der Waals surface area contributed by atoms with E-state index in [1.165, 1.54) is 11.3 Å². The summed E-state index contributed by atoms with van der Waals surface area (Å²) in [5.41, 5.74) is 2.30. The van der Waals surface area contributed by atoms with Crippen LogP contribution in [0.4, 0.5) is 8.78 Å². The Bertz CT molecular complexity index is 1280. The maximum atomic E-state index is 13.6. The third-order valence-electron chi connectivity index (χ3n) is 5.47. The number of likely N-dealkylation sites (tertiary alicyclic amines) is 1. The van der Waals surface area contributed by atoms with E-state index in [0.717, 1.165) is 26.9 Å². The van der Waals surface area contributed by atoms with Crippen molar-refractivity contribution < 1.29 is 13.6 Å². The second-order valence-corrected chi connectivity index (χ2v) is 8.83. The number of hydrogen-bond acceptors (Lipinski definition) is 5. The lowest BCUT2D eigenvalue weighted by atomic mass is 9.99. The highest BCUT2D eigenvalue weighted by molar-refractivity contribution is 7.20. The molecule has 0 bridgehead atoms. The number of amides is 1. The van der Waals surface area contributed by atoms with Gasteiger partial charge in [0.2, 0.25) is 0 Å². The molecule has 0 N–H and O–H groups in total. The lowest BCUT2D eigenvalue weighted by Gasteiger charge is -2.37. The first kappa shape index (κ1) is 19.0. The number of aromatic nitrogens is 4. The molecule has 0 saturated carbocycles. The van der Waals surface area contributed by atoms with E-state index < -0.39 is 12.0 Å². The Hall–Kier alpha value is -2.94. The quantitative estimate of drug-likeness (QED) is 0.472. The van der Waals surface area contributed by atoms with Gasteiger partial charge in [0.1, 0.15) is 4.83 Å². The number of piperidine rings is 1. The Kier molecular flexibility index (Phi) is 4.32. The van der Waals surface area contributed by atoms with Gasteiger partial charge in [0.05, 0.1) is 10.6 Å². The maximum Gasteiger partial charge on any atom is 0.264 e. The minimum Gasteiger partial charge on any atom is -0.335 e. The van der Waals surface area contributed by atoms with Crippen LogP contribution in [0.2, 0.25) is 0 Å². The first-order valence-electron chi connectivity index (χ1n) is 9.68. The van der Waals surface area contributed by atoms with Crippen molar-refractivity contribution in [3.8, 4) is 11.3 Å². The van der Waals surface area contributed by atoms with Crippen LogP contribution in [0.25, 0.3) is 32.5 Å². The third kappa shape index (κ3) is 3.32. The van der Waals surface area contributed by atoms with Crippen molar-refractivity contribution in [2.45, 2.75) is 31.7 Å². The van der Waals surface area contributed by atoms with E-state index in [9.17, 15) is 13.6 Å². The molecule has 1 aliphatic heterocycles. The molecule has 0 spiro atoms. The van der Waals surface area contributed by atoms with Crippen LogP contribution in [0.15, 0.2) is 36.7 Å². The summed E-state index contributed by atoms with van der Waals surface area (Å²) < 4.78 is 28.9. The van der Waals surface area contributed by atoms with E-state index in [1.54, 1.807) is 28.8 Å². The number of hydrogen-bond donors (Lipinski definition) is 0. The Morgan fingerprint density at radius 1 is 1.27 bits per heavy atom. The first-order chi connectivity index (χ1) is 14.3. The van der Waals surface area contributed by atoms with Crippen LogP contribution in [-0.4, -0.2) is 49.1 Å². The fourth-order valence-electron chi connectivity index (χ4n) is 3.95. The zero-order valence-corrected chi connectivity index (χ0v) is 17.3. The molecule has 1 amide bonds. The number of halogens is 2. The lowest BCUT2D eigenvalue weighted by molar-refractivity contribution is -0.0664. The molecule has 0 radical (unpaired) electrons. The molecule has 4 aromatic rings. The van der Waals surface area contributed by atoms with Gasteiger partial charge in [-0.2, -0.15) is 5.10 Å². The summed E-state index contributed by atoms with van der Waals surface area (Å²) in [4.78, 5) is 24.8. The van der Waals surface area contributed by atoms with Gasteiger partial charge in [-0.25, -0.2) is 18.7 Å². The van der Waals surface area contributed by atoms with Crippen molar-refractivity contribution in [3.63, 3.8) is 0 Å². The lowest BCUT2D eigenvalue weighted by Crippen LogP contribution is -2.48. The number of fused-ring (bicyclic) bond motifs is 2. The zero-order chi connectivity index (χ0) is 21.0. The molecule has 6 nitrogen and oxygen atoms in total. The fraction of sp³-hybridized carbons (Fsp3) is 0.333. The summed E-state index contributed by atoms with van der Waals surface area (Å²) in [7, 11) is 1.85. The van der Waals surface area contributed by atoms with Gasteiger partial charge < -0.3 is 4.90 Å². The summed E-state index contributed by atoms with van der Waals surface area (Å²) in [5, 5.41) is 6.06. The van der Waals surface area contributed by atoms with E-state index in [1.807, 2.05) is 31.4 Å². The van der Waals surface area contributed by atoms with Crippen molar-refractivity contribution in [1.29, 1.82) is 0 Å². The standard InChI is InChI=1S/C21H19F2N5OS/c1-12-9-21(22,23)5-6-28(12)20(29)17-8-13-3-4-16(25-19(13)30-17)14-7-15-11-27(2)26-18(15)24-10-14/h3-4,7-8,10-12H,5-6,9H2,1-2H3. The zero-order valence-electron chi connectivity index (χ0n) is 16.5. The molecule has 1 atom stereocenters. The summed E-state index contributed by atoms with van der Waals surface area (Å²) >= 11 is 1.29. The van der Waals surface area contributed by atoms with Gasteiger partial charge in [-0.15, -0.1) is 11.3 Å². The highest BCUT2D eigenvalue weighted by Crippen LogP contribution is 2.34. The predicted molar refractivity (Wildman–Crippen MR) is 112 cm³/mol. The molecule has 4 aromatic heterocycles. The maximum absolute atomic E-state index is 13.6. The monoisotopic (exact) mass is 427 g/mol. The van der Waals surface area contributed by atoms with Gasteiger partial charge >= 0.3 is 0 Å².